The van der Waals surface area contributed by atoms with Crippen LogP contribution in [-0.2, 0) is 16.1 Å². The minimum Gasteiger partial charge on any atom is -0.350 e. The van der Waals surface area contributed by atoms with Crippen LogP contribution in [-0.4, -0.2) is 22.8 Å². The van der Waals surface area contributed by atoms with Gasteiger partial charge in [0.2, 0.25) is 11.8 Å². The third kappa shape index (κ3) is 3.36. The van der Waals surface area contributed by atoms with Gasteiger partial charge in [-0.25, -0.2) is 4.39 Å². The van der Waals surface area contributed by atoms with Crippen LogP contribution in [0.2, 0.25) is 0 Å². The number of aromatic nitrogens is 1. The molecule has 3 rings (SSSR count). The Balaban J connectivity index is 1.71. The fraction of sp³-hybridized carbons (Fsp3) is 0.235. The van der Waals surface area contributed by atoms with Crippen molar-refractivity contribution in [2.75, 3.05) is 4.90 Å². The summed E-state index contributed by atoms with van der Waals surface area (Å²) in [5.41, 5.74) is 1.48. The molecule has 1 unspecified atom stereocenters. The van der Waals surface area contributed by atoms with Crippen molar-refractivity contribution in [2.45, 2.75) is 25.4 Å². The zero-order valence-electron chi connectivity index (χ0n) is 12.4. The van der Waals surface area contributed by atoms with Crippen LogP contribution < -0.4 is 10.2 Å². The molecule has 1 aromatic carbocycles. The molecule has 1 atom stereocenters. The second-order valence-corrected chi connectivity index (χ2v) is 5.37. The van der Waals surface area contributed by atoms with E-state index in [0.29, 0.717) is 25.1 Å². The van der Waals surface area contributed by atoms with Gasteiger partial charge in [0, 0.05) is 31.0 Å². The van der Waals surface area contributed by atoms with Gasteiger partial charge in [0.05, 0.1) is 0 Å². The van der Waals surface area contributed by atoms with E-state index < -0.39 is 6.04 Å². The Morgan fingerprint density at radius 1 is 1.22 bits per heavy atom. The third-order valence-electron chi connectivity index (χ3n) is 3.84. The SMILES string of the molecule is O=C(NCc1ccncc1)C1CCC(=O)N1c1ccc(F)cc1. The normalized spacial score (nSPS) is 17.3. The summed E-state index contributed by atoms with van der Waals surface area (Å²) in [6.45, 7) is 0.378. The van der Waals surface area contributed by atoms with Crippen molar-refractivity contribution in [3.63, 3.8) is 0 Å². The summed E-state index contributed by atoms with van der Waals surface area (Å²) in [6, 6.07) is 8.67. The zero-order valence-corrected chi connectivity index (χ0v) is 12.4. The van der Waals surface area contributed by atoms with Gasteiger partial charge in [0.1, 0.15) is 11.9 Å². The molecule has 0 saturated carbocycles. The predicted octanol–water partition coefficient (Wildman–Crippen LogP) is 2.03. The Morgan fingerprint density at radius 3 is 2.61 bits per heavy atom. The van der Waals surface area contributed by atoms with Gasteiger partial charge in [0.25, 0.3) is 0 Å². The Bertz CT molecular complexity index is 704. The number of carbonyl (C=O) groups is 2. The van der Waals surface area contributed by atoms with E-state index in [1.165, 1.54) is 29.2 Å². The first-order chi connectivity index (χ1) is 11.1. The molecule has 1 fully saturated rings. The molecule has 1 saturated heterocycles. The Morgan fingerprint density at radius 2 is 1.91 bits per heavy atom. The van der Waals surface area contributed by atoms with Crippen molar-refractivity contribution in [3.8, 4) is 0 Å². The molecule has 1 N–H and O–H groups in total. The summed E-state index contributed by atoms with van der Waals surface area (Å²) in [4.78, 5) is 29.9. The number of nitrogens with one attached hydrogen (secondary N) is 1. The maximum atomic E-state index is 13.0. The summed E-state index contributed by atoms with van der Waals surface area (Å²) < 4.78 is 13.0. The molecular weight excluding hydrogens is 297 g/mol. The van der Waals surface area contributed by atoms with Gasteiger partial charge in [-0.1, -0.05) is 0 Å². The van der Waals surface area contributed by atoms with Gasteiger partial charge < -0.3 is 5.32 Å². The van der Waals surface area contributed by atoms with E-state index in [1.807, 2.05) is 12.1 Å². The molecule has 0 spiro atoms. The standard InChI is InChI=1S/C17H16FN3O2/c18-13-1-3-14(4-2-13)21-15(5-6-16(21)22)17(23)20-11-12-7-9-19-10-8-12/h1-4,7-10,15H,5-6,11H2,(H,20,23). The largest absolute Gasteiger partial charge is 0.350 e. The number of pyridine rings is 1. The van der Waals surface area contributed by atoms with E-state index in [-0.39, 0.29) is 17.6 Å². The van der Waals surface area contributed by atoms with Crippen molar-refractivity contribution in [3.05, 3.63) is 60.2 Å². The van der Waals surface area contributed by atoms with Gasteiger partial charge in [-0.2, -0.15) is 0 Å². The first-order valence-corrected chi connectivity index (χ1v) is 7.39. The molecule has 6 heteroatoms. The molecule has 2 aromatic rings. The fourth-order valence-electron chi connectivity index (χ4n) is 2.67. The number of halogens is 1. The van der Waals surface area contributed by atoms with Crippen LogP contribution in [0.3, 0.4) is 0 Å². The van der Waals surface area contributed by atoms with Gasteiger partial charge in [-0.15, -0.1) is 0 Å². The lowest BCUT2D eigenvalue weighted by Crippen LogP contribution is -2.44. The summed E-state index contributed by atoms with van der Waals surface area (Å²) in [5.74, 6) is -0.711. The molecule has 0 aliphatic carbocycles. The Labute approximate surface area is 133 Å². The summed E-state index contributed by atoms with van der Waals surface area (Å²) in [5, 5.41) is 2.84. The van der Waals surface area contributed by atoms with Crippen LogP contribution in [0.4, 0.5) is 10.1 Å². The average Bonchev–Trinajstić information content (AvgIpc) is 2.96. The van der Waals surface area contributed by atoms with E-state index in [0.717, 1.165) is 5.56 Å². The molecule has 0 radical (unpaired) electrons. The number of nitrogens with zero attached hydrogens (tertiary/aromatic N) is 2. The van der Waals surface area contributed by atoms with Crippen molar-refractivity contribution < 1.29 is 14.0 Å². The number of amides is 2. The summed E-state index contributed by atoms with van der Waals surface area (Å²) >= 11 is 0. The van der Waals surface area contributed by atoms with Gasteiger partial charge >= 0.3 is 0 Å². The lowest BCUT2D eigenvalue weighted by atomic mass is 10.2. The van der Waals surface area contributed by atoms with Crippen molar-refractivity contribution in [2.24, 2.45) is 0 Å². The van der Waals surface area contributed by atoms with E-state index >= 15 is 0 Å². The van der Waals surface area contributed by atoms with Crippen molar-refractivity contribution >= 4 is 17.5 Å². The second-order valence-electron chi connectivity index (χ2n) is 5.37. The van der Waals surface area contributed by atoms with Crippen LogP contribution in [0, 0.1) is 5.82 Å². The average molecular weight is 313 g/mol. The fourth-order valence-corrected chi connectivity index (χ4v) is 2.67. The third-order valence-corrected chi connectivity index (χ3v) is 3.84. The molecule has 1 aliphatic heterocycles. The molecule has 2 amide bonds. The number of hydrogen-bond acceptors (Lipinski definition) is 3. The van der Waals surface area contributed by atoms with Crippen LogP contribution in [0.1, 0.15) is 18.4 Å². The number of rotatable bonds is 4. The van der Waals surface area contributed by atoms with Crippen LogP contribution in [0.25, 0.3) is 0 Å². The molecule has 5 nitrogen and oxygen atoms in total. The highest BCUT2D eigenvalue weighted by Gasteiger charge is 2.36. The second kappa shape index (κ2) is 6.56. The Hall–Kier alpha value is -2.76. The number of anilines is 1. The lowest BCUT2D eigenvalue weighted by Gasteiger charge is -2.24. The maximum absolute atomic E-state index is 13.0. The maximum Gasteiger partial charge on any atom is 0.243 e. The molecule has 2 heterocycles. The smallest absolute Gasteiger partial charge is 0.243 e. The first kappa shape index (κ1) is 15.1. The molecule has 0 bridgehead atoms. The van der Waals surface area contributed by atoms with Crippen LogP contribution >= 0.6 is 0 Å². The van der Waals surface area contributed by atoms with Gasteiger partial charge in [0.15, 0.2) is 0 Å². The van der Waals surface area contributed by atoms with E-state index in [1.54, 1.807) is 12.4 Å². The van der Waals surface area contributed by atoms with E-state index in [4.69, 9.17) is 0 Å². The minimum absolute atomic E-state index is 0.124. The Kier molecular flexibility index (Phi) is 4.32. The highest BCUT2D eigenvalue weighted by atomic mass is 19.1. The topological polar surface area (TPSA) is 62.3 Å². The van der Waals surface area contributed by atoms with E-state index in [2.05, 4.69) is 10.3 Å². The van der Waals surface area contributed by atoms with Crippen molar-refractivity contribution in [1.29, 1.82) is 0 Å². The number of benzene rings is 1. The van der Waals surface area contributed by atoms with Crippen LogP contribution in [0.5, 0.6) is 0 Å². The quantitative estimate of drug-likeness (QED) is 0.939. The molecule has 1 aliphatic rings. The highest BCUT2D eigenvalue weighted by molar-refractivity contribution is 6.03. The molecular formula is C17H16FN3O2. The molecule has 118 valence electrons. The minimum atomic E-state index is -0.560. The molecule has 23 heavy (non-hydrogen) atoms. The van der Waals surface area contributed by atoms with Gasteiger partial charge in [-0.3, -0.25) is 19.5 Å². The monoisotopic (exact) mass is 313 g/mol. The first-order valence-electron chi connectivity index (χ1n) is 7.39. The molecule has 1 aromatic heterocycles. The number of hydrogen-bond donors (Lipinski definition) is 1. The van der Waals surface area contributed by atoms with Crippen LogP contribution in [0.15, 0.2) is 48.8 Å². The lowest BCUT2D eigenvalue weighted by molar-refractivity contribution is -0.124. The number of carbonyl (C=O) groups excluding carboxylic acids is 2. The summed E-state index contributed by atoms with van der Waals surface area (Å²) in [7, 11) is 0. The zero-order chi connectivity index (χ0) is 16.2. The van der Waals surface area contributed by atoms with Crippen molar-refractivity contribution in [1.82, 2.24) is 10.3 Å². The highest BCUT2D eigenvalue weighted by Crippen LogP contribution is 2.27. The van der Waals surface area contributed by atoms with E-state index in [9.17, 15) is 14.0 Å². The van der Waals surface area contributed by atoms with Gasteiger partial charge in [-0.05, 0) is 48.4 Å². The predicted molar refractivity (Wildman–Crippen MR) is 83.0 cm³/mol. The summed E-state index contributed by atoms with van der Waals surface area (Å²) in [6.07, 6.45) is 4.08.